The molecule has 1 heterocycles. The van der Waals surface area contributed by atoms with Gasteiger partial charge in [0.15, 0.2) is 5.76 Å². The maximum Gasteiger partial charge on any atom is 0.244 e. The van der Waals surface area contributed by atoms with Crippen LogP contribution in [0.3, 0.4) is 0 Å². The molecule has 2 rings (SSSR count). The van der Waals surface area contributed by atoms with Gasteiger partial charge in [-0.25, -0.2) is 13.1 Å². The van der Waals surface area contributed by atoms with Crippen molar-refractivity contribution in [3.63, 3.8) is 0 Å². The lowest BCUT2D eigenvalue weighted by Gasteiger charge is -2.11. The van der Waals surface area contributed by atoms with Crippen molar-refractivity contribution >= 4 is 10.0 Å². The largest absolute Gasteiger partial charge is 0.495 e. The average molecular weight is 310 g/mol. The molecule has 0 unspecified atom stereocenters. The molecule has 7 heteroatoms. The zero-order valence-electron chi connectivity index (χ0n) is 12.2. The minimum absolute atomic E-state index is 0.0880. The lowest BCUT2D eigenvalue weighted by molar-refractivity contribution is 0.402. The molecule has 0 saturated heterocycles. The number of aromatic nitrogens is 1. The summed E-state index contributed by atoms with van der Waals surface area (Å²) in [6.07, 6.45) is 0.711. The number of sulfonamides is 1. The van der Waals surface area contributed by atoms with Gasteiger partial charge in [0.1, 0.15) is 10.6 Å². The van der Waals surface area contributed by atoms with Crippen molar-refractivity contribution < 1.29 is 17.7 Å². The van der Waals surface area contributed by atoms with Crippen molar-refractivity contribution in [1.29, 1.82) is 0 Å². The van der Waals surface area contributed by atoms with Crippen LogP contribution in [0.4, 0.5) is 0 Å². The van der Waals surface area contributed by atoms with Crippen molar-refractivity contribution in [3.8, 4) is 17.1 Å². The molecule has 0 amide bonds. The minimum atomic E-state index is -3.63. The third kappa shape index (κ3) is 3.43. The maximum atomic E-state index is 12.3. The highest BCUT2D eigenvalue weighted by molar-refractivity contribution is 7.89. The summed E-state index contributed by atoms with van der Waals surface area (Å²) in [7, 11) is -2.19. The normalized spacial score (nSPS) is 11.6. The number of nitrogens with one attached hydrogen (secondary N) is 1. The van der Waals surface area contributed by atoms with Crippen LogP contribution < -0.4 is 9.46 Å². The van der Waals surface area contributed by atoms with Gasteiger partial charge in [-0.15, -0.1) is 0 Å². The molecular weight excluding hydrogens is 292 g/mol. The van der Waals surface area contributed by atoms with E-state index in [1.165, 1.54) is 13.2 Å². The Morgan fingerprint density at radius 2 is 2.10 bits per heavy atom. The van der Waals surface area contributed by atoms with Gasteiger partial charge in [0.05, 0.1) is 12.8 Å². The predicted molar refractivity (Wildman–Crippen MR) is 78.7 cm³/mol. The molecular formula is C14H18N2O4S. The smallest absolute Gasteiger partial charge is 0.244 e. The van der Waals surface area contributed by atoms with E-state index in [2.05, 4.69) is 9.88 Å². The Balaban J connectivity index is 2.48. The molecule has 0 atom stereocenters. The highest BCUT2D eigenvalue weighted by Crippen LogP contribution is 2.30. The van der Waals surface area contributed by atoms with Crippen LogP contribution in [-0.4, -0.2) is 27.2 Å². The van der Waals surface area contributed by atoms with Crippen molar-refractivity contribution in [3.05, 3.63) is 30.0 Å². The first-order valence-corrected chi connectivity index (χ1v) is 8.07. The zero-order chi connectivity index (χ0) is 15.5. The Kier molecular flexibility index (Phi) is 4.64. The van der Waals surface area contributed by atoms with Crippen LogP contribution in [0.5, 0.6) is 5.75 Å². The number of methoxy groups -OCH3 is 1. The first kappa shape index (κ1) is 15.5. The third-order valence-electron chi connectivity index (χ3n) is 2.91. The fourth-order valence-corrected chi connectivity index (χ4v) is 3.18. The van der Waals surface area contributed by atoms with E-state index in [4.69, 9.17) is 9.26 Å². The van der Waals surface area contributed by atoms with Gasteiger partial charge in [0.2, 0.25) is 10.0 Å². The van der Waals surface area contributed by atoms with E-state index in [0.717, 1.165) is 5.69 Å². The summed E-state index contributed by atoms with van der Waals surface area (Å²) in [5.74, 6) is 0.806. The Morgan fingerprint density at radius 1 is 1.33 bits per heavy atom. The fraction of sp³-hybridized carbons (Fsp3) is 0.357. The molecule has 6 nitrogen and oxygen atoms in total. The van der Waals surface area contributed by atoms with Gasteiger partial charge in [-0.3, -0.25) is 0 Å². The van der Waals surface area contributed by atoms with Crippen LogP contribution in [-0.2, 0) is 10.0 Å². The number of rotatable bonds is 6. The maximum absolute atomic E-state index is 12.3. The van der Waals surface area contributed by atoms with Gasteiger partial charge < -0.3 is 9.26 Å². The summed E-state index contributed by atoms with van der Waals surface area (Å²) in [4.78, 5) is 0.0880. The van der Waals surface area contributed by atoms with E-state index < -0.39 is 10.0 Å². The van der Waals surface area contributed by atoms with E-state index in [1.54, 1.807) is 25.1 Å². The van der Waals surface area contributed by atoms with Crippen LogP contribution >= 0.6 is 0 Å². The van der Waals surface area contributed by atoms with Gasteiger partial charge in [0.25, 0.3) is 0 Å². The second kappa shape index (κ2) is 6.28. The molecule has 2 aromatic rings. The molecule has 1 aromatic carbocycles. The van der Waals surface area contributed by atoms with Crippen LogP contribution in [0, 0.1) is 6.92 Å². The van der Waals surface area contributed by atoms with Crippen molar-refractivity contribution in [2.24, 2.45) is 0 Å². The van der Waals surface area contributed by atoms with Gasteiger partial charge in [-0.2, -0.15) is 0 Å². The molecule has 0 aliphatic carbocycles. The van der Waals surface area contributed by atoms with Crippen molar-refractivity contribution in [2.75, 3.05) is 13.7 Å². The Morgan fingerprint density at radius 3 is 2.67 bits per heavy atom. The molecule has 114 valence electrons. The number of benzene rings is 1. The Labute approximate surface area is 124 Å². The van der Waals surface area contributed by atoms with Gasteiger partial charge in [-0.05, 0) is 31.5 Å². The minimum Gasteiger partial charge on any atom is -0.495 e. The van der Waals surface area contributed by atoms with E-state index in [9.17, 15) is 8.42 Å². The quantitative estimate of drug-likeness (QED) is 0.885. The summed E-state index contributed by atoms with van der Waals surface area (Å²) >= 11 is 0. The van der Waals surface area contributed by atoms with Gasteiger partial charge >= 0.3 is 0 Å². The summed E-state index contributed by atoms with van der Waals surface area (Å²) in [5.41, 5.74) is 1.36. The first-order chi connectivity index (χ1) is 9.97. The van der Waals surface area contributed by atoms with Crippen LogP contribution in [0.15, 0.2) is 33.7 Å². The second-order valence-corrected chi connectivity index (χ2v) is 6.33. The lowest BCUT2D eigenvalue weighted by Crippen LogP contribution is -2.24. The molecule has 0 bridgehead atoms. The van der Waals surface area contributed by atoms with E-state index in [-0.39, 0.29) is 4.90 Å². The molecule has 21 heavy (non-hydrogen) atoms. The standard InChI is InChI=1S/C14H18N2O4S/c1-4-7-15-21(17,18)14-9-11(5-6-12(14)19-3)13-8-10(2)16-20-13/h5-6,8-9,15H,4,7H2,1-3H3. The fourth-order valence-electron chi connectivity index (χ4n) is 1.85. The van der Waals surface area contributed by atoms with E-state index in [0.29, 0.717) is 30.0 Å². The summed E-state index contributed by atoms with van der Waals surface area (Å²) in [6, 6.07) is 6.61. The van der Waals surface area contributed by atoms with E-state index in [1.807, 2.05) is 6.92 Å². The molecule has 1 N–H and O–H groups in total. The summed E-state index contributed by atoms with van der Waals surface area (Å²) in [6.45, 7) is 4.07. The molecule has 1 aromatic heterocycles. The monoisotopic (exact) mass is 310 g/mol. The van der Waals surface area contributed by atoms with Gasteiger partial charge in [0, 0.05) is 18.2 Å². The average Bonchev–Trinajstić information content (AvgIpc) is 2.91. The van der Waals surface area contributed by atoms with E-state index >= 15 is 0 Å². The molecule has 0 saturated carbocycles. The molecule has 0 aliphatic heterocycles. The predicted octanol–water partition coefficient (Wildman–Crippen LogP) is 2.35. The van der Waals surface area contributed by atoms with Crippen LogP contribution in [0.2, 0.25) is 0 Å². The topological polar surface area (TPSA) is 81.4 Å². The SMILES string of the molecule is CCCNS(=O)(=O)c1cc(-c2cc(C)no2)ccc1OC. The Bertz CT molecular complexity index is 722. The first-order valence-electron chi connectivity index (χ1n) is 6.59. The molecule has 0 radical (unpaired) electrons. The molecule has 0 aliphatic rings. The van der Waals surface area contributed by atoms with Gasteiger partial charge in [-0.1, -0.05) is 12.1 Å². The highest BCUT2D eigenvalue weighted by atomic mass is 32.2. The number of hydrogen-bond acceptors (Lipinski definition) is 5. The van der Waals surface area contributed by atoms with Crippen molar-refractivity contribution in [1.82, 2.24) is 9.88 Å². The number of hydrogen-bond donors (Lipinski definition) is 1. The zero-order valence-corrected chi connectivity index (χ0v) is 13.0. The number of ether oxygens (including phenoxy) is 1. The molecule has 0 spiro atoms. The number of aryl methyl sites for hydroxylation is 1. The number of nitrogens with zero attached hydrogens (tertiary/aromatic N) is 1. The lowest BCUT2D eigenvalue weighted by atomic mass is 10.1. The summed E-state index contributed by atoms with van der Waals surface area (Å²) < 4.78 is 37.5. The Hall–Kier alpha value is -1.86. The van der Waals surface area contributed by atoms with Crippen LogP contribution in [0.25, 0.3) is 11.3 Å². The van der Waals surface area contributed by atoms with Crippen molar-refractivity contribution in [2.45, 2.75) is 25.2 Å². The summed E-state index contributed by atoms with van der Waals surface area (Å²) in [5, 5.41) is 3.81. The second-order valence-electron chi connectivity index (χ2n) is 4.60. The highest BCUT2D eigenvalue weighted by Gasteiger charge is 2.20. The molecule has 0 fully saturated rings. The third-order valence-corrected chi connectivity index (χ3v) is 4.39. The van der Waals surface area contributed by atoms with Crippen LogP contribution in [0.1, 0.15) is 19.0 Å².